The van der Waals surface area contributed by atoms with Crippen LogP contribution in [-0.4, -0.2) is 63.8 Å². The quantitative estimate of drug-likeness (QED) is 0.857. The number of hydrogen-bond acceptors (Lipinski definition) is 6. The molecule has 150 valence electrons. The summed E-state index contributed by atoms with van der Waals surface area (Å²) >= 11 is 0. The van der Waals surface area contributed by atoms with E-state index in [4.69, 9.17) is 4.74 Å². The van der Waals surface area contributed by atoms with Crippen molar-refractivity contribution in [1.82, 2.24) is 24.9 Å². The number of anilines is 1. The van der Waals surface area contributed by atoms with E-state index in [2.05, 4.69) is 25.5 Å². The minimum absolute atomic E-state index is 0.527. The fourth-order valence-corrected chi connectivity index (χ4v) is 5.28. The molecule has 0 amide bonds. The summed E-state index contributed by atoms with van der Waals surface area (Å²) in [7, 11) is 1.91. The first-order chi connectivity index (χ1) is 13.7. The first-order valence-electron chi connectivity index (χ1n) is 10.6. The van der Waals surface area contributed by atoms with Crippen LogP contribution in [0.15, 0.2) is 24.5 Å². The molecule has 2 aliphatic heterocycles. The SMILES string of the molecule is Cn1cc(-c2ccc(N[C@H]3C[C@@H]4CN(CC5CCOCC5)C[C@@H]4C3)nn2)cn1. The van der Waals surface area contributed by atoms with E-state index in [1.54, 1.807) is 4.68 Å². The molecule has 0 spiro atoms. The largest absolute Gasteiger partial charge is 0.381 e. The lowest BCUT2D eigenvalue weighted by Crippen LogP contribution is -2.32. The van der Waals surface area contributed by atoms with E-state index < -0.39 is 0 Å². The molecular weight excluding hydrogens is 352 g/mol. The van der Waals surface area contributed by atoms with Crippen LogP contribution in [0.5, 0.6) is 0 Å². The second-order valence-corrected chi connectivity index (χ2v) is 8.81. The Morgan fingerprint density at radius 1 is 1.11 bits per heavy atom. The zero-order chi connectivity index (χ0) is 18.9. The van der Waals surface area contributed by atoms with E-state index in [9.17, 15) is 0 Å². The van der Waals surface area contributed by atoms with Gasteiger partial charge < -0.3 is 15.0 Å². The number of ether oxygens (including phenoxy) is 1. The Labute approximate surface area is 166 Å². The Morgan fingerprint density at radius 2 is 1.89 bits per heavy atom. The number of fused-ring (bicyclic) bond motifs is 1. The maximum Gasteiger partial charge on any atom is 0.148 e. The predicted octanol–water partition coefficient (Wildman–Crippen LogP) is 2.43. The monoisotopic (exact) mass is 382 g/mol. The van der Waals surface area contributed by atoms with E-state index >= 15 is 0 Å². The Bertz CT molecular complexity index is 770. The molecule has 7 nitrogen and oxygen atoms in total. The summed E-state index contributed by atoms with van der Waals surface area (Å²) in [5, 5.41) is 16.6. The first kappa shape index (κ1) is 18.1. The van der Waals surface area contributed by atoms with Crippen molar-refractivity contribution in [3.05, 3.63) is 24.5 Å². The van der Waals surface area contributed by atoms with E-state index in [0.29, 0.717) is 6.04 Å². The van der Waals surface area contributed by atoms with Crippen LogP contribution in [0.1, 0.15) is 25.7 Å². The van der Waals surface area contributed by atoms with Crippen LogP contribution in [0.25, 0.3) is 11.3 Å². The van der Waals surface area contributed by atoms with Gasteiger partial charge in [-0.1, -0.05) is 0 Å². The highest BCUT2D eigenvalue weighted by Gasteiger charge is 2.41. The number of aryl methyl sites for hydroxylation is 1. The minimum Gasteiger partial charge on any atom is -0.381 e. The van der Waals surface area contributed by atoms with Crippen molar-refractivity contribution >= 4 is 5.82 Å². The molecule has 3 atom stereocenters. The number of likely N-dealkylation sites (tertiary alicyclic amines) is 1. The number of rotatable bonds is 5. The van der Waals surface area contributed by atoms with Gasteiger partial charge in [0, 0.05) is 57.7 Å². The molecule has 5 rings (SSSR count). The van der Waals surface area contributed by atoms with Crippen LogP contribution in [-0.2, 0) is 11.8 Å². The van der Waals surface area contributed by atoms with Gasteiger partial charge in [0.05, 0.1) is 11.9 Å². The topological polar surface area (TPSA) is 68.1 Å². The standard InChI is InChI=1S/C21H30N6O/c1-26-12-18(10-22-26)20-2-3-21(25-24-20)23-19-8-16-13-27(14-17(16)9-19)11-15-4-6-28-7-5-15/h2-3,10,12,15-17,19H,4-9,11,13-14H2,1H3,(H,23,25)/t16-,17+,19+. The molecule has 0 aromatic carbocycles. The molecule has 2 aromatic rings. The van der Waals surface area contributed by atoms with Crippen molar-refractivity contribution in [3.63, 3.8) is 0 Å². The van der Waals surface area contributed by atoms with Crippen molar-refractivity contribution in [1.29, 1.82) is 0 Å². The van der Waals surface area contributed by atoms with E-state index in [1.807, 2.05) is 31.6 Å². The third-order valence-electron chi connectivity index (χ3n) is 6.70. The van der Waals surface area contributed by atoms with Crippen LogP contribution in [0.4, 0.5) is 5.82 Å². The number of nitrogens with one attached hydrogen (secondary N) is 1. The molecule has 1 saturated carbocycles. The Balaban J connectivity index is 1.12. The summed E-state index contributed by atoms with van der Waals surface area (Å²) in [5.41, 5.74) is 1.87. The fraction of sp³-hybridized carbons (Fsp3) is 0.667. The lowest BCUT2D eigenvalue weighted by Gasteiger charge is -2.27. The summed E-state index contributed by atoms with van der Waals surface area (Å²) < 4.78 is 7.28. The second kappa shape index (κ2) is 7.79. The normalized spacial score (nSPS) is 28.5. The Hall–Kier alpha value is -1.99. The fourth-order valence-electron chi connectivity index (χ4n) is 5.28. The van der Waals surface area contributed by atoms with Crippen LogP contribution in [0.2, 0.25) is 0 Å². The van der Waals surface area contributed by atoms with Crippen molar-refractivity contribution < 1.29 is 4.74 Å². The molecule has 0 unspecified atom stereocenters. The smallest absolute Gasteiger partial charge is 0.148 e. The van der Waals surface area contributed by atoms with Gasteiger partial charge in [0.25, 0.3) is 0 Å². The Morgan fingerprint density at radius 3 is 2.54 bits per heavy atom. The van der Waals surface area contributed by atoms with Crippen LogP contribution >= 0.6 is 0 Å². The summed E-state index contributed by atoms with van der Waals surface area (Å²) in [6.07, 6.45) is 8.76. The van der Waals surface area contributed by atoms with Gasteiger partial charge in [0.1, 0.15) is 5.82 Å². The lowest BCUT2D eigenvalue weighted by molar-refractivity contribution is 0.0545. The van der Waals surface area contributed by atoms with Crippen molar-refractivity contribution in [2.45, 2.75) is 31.7 Å². The van der Waals surface area contributed by atoms with Crippen LogP contribution < -0.4 is 5.32 Å². The predicted molar refractivity (Wildman–Crippen MR) is 108 cm³/mol. The molecule has 7 heteroatoms. The highest BCUT2D eigenvalue weighted by molar-refractivity contribution is 5.57. The van der Waals surface area contributed by atoms with E-state index in [-0.39, 0.29) is 0 Å². The highest BCUT2D eigenvalue weighted by Crippen LogP contribution is 2.39. The highest BCUT2D eigenvalue weighted by atomic mass is 16.5. The van der Waals surface area contributed by atoms with Gasteiger partial charge in [0.15, 0.2) is 0 Å². The van der Waals surface area contributed by atoms with Gasteiger partial charge in [-0.05, 0) is 55.6 Å². The van der Waals surface area contributed by atoms with Crippen LogP contribution in [0.3, 0.4) is 0 Å². The summed E-state index contributed by atoms with van der Waals surface area (Å²) in [5.74, 6) is 3.40. The van der Waals surface area contributed by atoms with Gasteiger partial charge in [-0.25, -0.2) is 0 Å². The van der Waals surface area contributed by atoms with Crippen molar-refractivity contribution in [2.24, 2.45) is 24.8 Å². The molecule has 4 heterocycles. The number of nitrogens with zero attached hydrogens (tertiary/aromatic N) is 5. The molecular formula is C21H30N6O. The summed E-state index contributed by atoms with van der Waals surface area (Å²) in [6, 6.07) is 4.59. The zero-order valence-electron chi connectivity index (χ0n) is 16.6. The molecule has 0 bridgehead atoms. The molecule has 28 heavy (non-hydrogen) atoms. The van der Waals surface area contributed by atoms with Gasteiger partial charge in [-0.3, -0.25) is 4.68 Å². The second-order valence-electron chi connectivity index (χ2n) is 8.81. The first-order valence-corrected chi connectivity index (χ1v) is 10.6. The van der Waals surface area contributed by atoms with Gasteiger partial charge in [-0.2, -0.15) is 5.10 Å². The molecule has 0 radical (unpaired) electrons. The molecule has 1 aliphatic carbocycles. The summed E-state index contributed by atoms with van der Waals surface area (Å²) in [6.45, 7) is 5.73. The van der Waals surface area contributed by atoms with Crippen molar-refractivity contribution in [3.8, 4) is 11.3 Å². The third-order valence-corrected chi connectivity index (χ3v) is 6.70. The van der Waals surface area contributed by atoms with Gasteiger partial charge in [0.2, 0.25) is 0 Å². The van der Waals surface area contributed by atoms with E-state index in [1.165, 1.54) is 45.3 Å². The van der Waals surface area contributed by atoms with Gasteiger partial charge in [-0.15, -0.1) is 10.2 Å². The van der Waals surface area contributed by atoms with Crippen molar-refractivity contribution in [2.75, 3.05) is 38.2 Å². The lowest BCUT2D eigenvalue weighted by atomic mass is 10.00. The van der Waals surface area contributed by atoms with E-state index in [0.717, 1.165) is 48.0 Å². The van der Waals surface area contributed by atoms with Crippen LogP contribution in [0, 0.1) is 17.8 Å². The minimum atomic E-state index is 0.527. The maximum atomic E-state index is 5.50. The average Bonchev–Trinajstić information content (AvgIpc) is 3.38. The molecule has 2 aromatic heterocycles. The van der Waals surface area contributed by atoms with Gasteiger partial charge >= 0.3 is 0 Å². The number of aromatic nitrogens is 4. The molecule has 3 aliphatic rings. The number of hydrogen-bond donors (Lipinski definition) is 1. The molecule has 3 fully saturated rings. The Kier molecular flexibility index (Phi) is 5.03. The average molecular weight is 383 g/mol. The molecule has 2 saturated heterocycles. The third kappa shape index (κ3) is 3.91. The molecule has 1 N–H and O–H groups in total. The zero-order valence-corrected chi connectivity index (χ0v) is 16.6. The summed E-state index contributed by atoms with van der Waals surface area (Å²) in [4.78, 5) is 2.71. The maximum absolute atomic E-state index is 5.50.